The number of esters is 1. The van der Waals surface area contributed by atoms with Gasteiger partial charge in [-0.2, -0.15) is 0 Å². The van der Waals surface area contributed by atoms with Gasteiger partial charge in [0.1, 0.15) is 5.75 Å². The summed E-state index contributed by atoms with van der Waals surface area (Å²) in [6.07, 6.45) is -5.14. The van der Waals surface area contributed by atoms with E-state index in [0.717, 1.165) is 12.1 Å². The second kappa shape index (κ2) is 6.21. The average molecular weight is 276 g/mol. The van der Waals surface area contributed by atoms with Gasteiger partial charge >= 0.3 is 12.3 Å². The molecule has 0 aliphatic heterocycles. The van der Waals surface area contributed by atoms with E-state index in [-0.39, 0.29) is 18.6 Å². The number of ether oxygens (including phenoxy) is 2. The van der Waals surface area contributed by atoms with Gasteiger partial charge in [0.2, 0.25) is 5.78 Å². The lowest BCUT2D eigenvalue weighted by atomic mass is 10.1. The van der Waals surface area contributed by atoms with E-state index in [0.29, 0.717) is 0 Å². The van der Waals surface area contributed by atoms with E-state index >= 15 is 0 Å². The Hall–Kier alpha value is -2.05. The first kappa shape index (κ1) is 15.0. The van der Waals surface area contributed by atoms with Gasteiger partial charge in [0.05, 0.1) is 6.61 Å². The summed E-state index contributed by atoms with van der Waals surface area (Å²) in [5, 5.41) is 0. The van der Waals surface area contributed by atoms with Gasteiger partial charge in [-0.05, 0) is 24.6 Å². The van der Waals surface area contributed by atoms with Crippen LogP contribution in [-0.4, -0.2) is 24.7 Å². The quantitative estimate of drug-likeness (QED) is 0.611. The van der Waals surface area contributed by atoms with Gasteiger partial charge in [-0.1, -0.05) is 12.1 Å². The van der Waals surface area contributed by atoms with Crippen LogP contribution >= 0.6 is 0 Å². The fourth-order valence-corrected chi connectivity index (χ4v) is 1.32. The summed E-state index contributed by atoms with van der Waals surface area (Å²) in [6.45, 7) is 1.60. The monoisotopic (exact) mass is 276 g/mol. The first-order valence-corrected chi connectivity index (χ1v) is 5.36. The van der Waals surface area contributed by atoms with Crippen molar-refractivity contribution in [3.8, 4) is 5.75 Å². The highest BCUT2D eigenvalue weighted by molar-refractivity contribution is 6.34. The molecule has 0 aromatic heterocycles. The molecule has 0 heterocycles. The van der Waals surface area contributed by atoms with Crippen molar-refractivity contribution in [1.82, 2.24) is 0 Å². The van der Waals surface area contributed by atoms with Crippen molar-refractivity contribution in [3.05, 3.63) is 29.8 Å². The fourth-order valence-electron chi connectivity index (χ4n) is 1.32. The van der Waals surface area contributed by atoms with Crippen molar-refractivity contribution in [1.29, 1.82) is 0 Å². The summed E-state index contributed by atoms with van der Waals surface area (Å²) in [5.74, 6) is -2.28. The lowest BCUT2D eigenvalue weighted by Gasteiger charge is -2.09. The minimum absolute atomic E-state index is 0.0573. The first-order chi connectivity index (χ1) is 8.81. The second-order valence-electron chi connectivity index (χ2n) is 3.52. The van der Waals surface area contributed by atoms with Crippen molar-refractivity contribution in [2.45, 2.75) is 19.7 Å². The Bertz CT molecular complexity index is 468. The van der Waals surface area contributed by atoms with Gasteiger partial charge in [0, 0.05) is 6.42 Å². The van der Waals surface area contributed by atoms with E-state index in [2.05, 4.69) is 9.47 Å². The van der Waals surface area contributed by atoms with Crippen LogP contribution in [0.3, 0.4) is 0 Å². The zero-order chi connectivity index (χ0) is 14.5. The average Bonchev–Trinajstić information content (AvgIpc) is 2.27. The molecule has 0 atom stereocenters. The fraction of sp³-hybridized carbons (Fsp3) is 0.333. The first-order valence-electron chi connectivity index (χ1n) is 5.36. The van der Waals surface area contributed by atoms with E-state index in [9.17, 15) is 22.8 Å². The molecule has 1 aromatic carbocycles. The molecule has 0 amide bonds. The number of alkyl halides is 3. The van der Waals surface area contributed by atoms with Crippen LogP contribution in [0.15, 0.2) is 24.3 Å². The Balaban J connectivity index is 2.72. The lowest BCUT2D eigenvalue weighted by molar-refractivity contribution is -0.274. The third kappa shape index (κ3) is 5.41. The number of hydrogen-bond donors (Lipinski definition) is 0. The van der Waals surface area contributed by atoms with Crippen LogP contribution in [-0.2, 0) is 20.7 Å². The highest BCUT2D eigenvalue weighted by Crippen LogP contribution is 2.23. The number of ketones is 1. The molecule has 104 valence electrons. The number of rotatable bonds is 5. The molecule has 0 saturated heterocycles. The van der Waals surface area contributed by atoms with E-state index in [1.54, 1.807) is 6.92 Å². The van der Waals surface area contributed by atoms with Crippen molar-refractivity contribution in [2.75, 3.05) is 6.61 Å². The third-order valence-electron chi connectivity index (χ3n) is 2.00. The Morgan fingerprint density at radius 1 is 1.26 bits per heavy atom. The molecule has 0 saturated carbocycles. The highest BCUT2D eigenvalue weighted by Gasteiger charge is 2.31. The molecule has 4 nitrogen and oxygen atoms in total. The Morgan fingerprint density at radius 2 is 1.95 bits per heavy atom. The molecule has 1 aromatic rings. The molecule has 7 heteroatoms. The Kier molecular flexibility index (Phi) is 4.91. The molecule has 0 fully saturated rings. The maximum Gasteiger partial charge on any atom is 0.573 e. The number of benzene rings is 1. The number of carbonyl (C=O) groups is 2. The van der Waals surface area contributed by atoms with Crippen LogP contribution in [0.1, 0.15) is 12.5 Å². The summed E-state index contributed by atoms with van der Waals surface area (Å²) in [6, 6.07) is 4.87. The molecule has 0 aliphatic rings. The maximum atomic E-state index is 12.0. The molecular formula is C12H11F3O4. The van der Waals surface area contributed by atoms with Gasteiger partial charge in [-0.3, -0.25) is 4.79 Å². The molecule has 0 radical (unpaired) electrons. The predicted molar refractivity (Wildman–Crippen MR) is 58.5 cm³/mol. The van der Waals surface area contributed by atoms with Gasteiger partial charge in [-0.15, -0.1) is 13.2 Å². The van der Waals surface area contributed by atoms with Crippen LogP contribution in [0.25, 0.3) is 0 Å². The van der Waals surface area contributed by atoms with Crippen molar-refractivity contribution in [2.24, 2.45) is 0 Å². The maximum absolute atomic E-state index is 12.0. The predicted octanol–water partition coefficient (Wildman–Crippen LogP) is 2.26. The van der Waals surface area contributed by atoms with Crippen LogP contribution < -0.4 is 4.74 Å². The summed E-state index contributed by atoms with van der Waals surface area (Å²) < 4.78 is 44.2. The van der Waals surface area contributed by atoms with Gasteiger partial charge in [-0.25, -0.2) is 4.79 Å². The largest absolute Gasteiger partial charge is 0.573 e. The Morgan fingerprint density at radius 3 is 2.53 bits per heavy atom. The molecule has 0 spiro atoms. The molecule has 19 heavy (non-hydrogen) atoms. The van der Waals surface area contributed by atoms with Gasteiger partial charge < -0.3 is 9.47 Å². The standard InChI is InChI=1S/C12H11F3O4/c1-2-18-11(17)10(16)7-8-4-3-5-9(6-8)19-12(13,14)15/h3-6H,2,7H2,1H3. The summed E-state index contributed by atoms with van der Waals surface area (Å²) >= 11 is 0. The lowest BCUT2D eigenvalue weighted by Crippen LogP contribution is -2.20. The minimum atomic E-state index is -4.80. The summed E-state index contributed by atoms with van der Waals surface area (Å²) in [5.41, 5.74) is 0.236. The van der Waals surface area contributed by atoms with Crippen LogP contribution in [0, 0.1) is 0 Å². The van der Waals surface area contributed by atoms with Crippen LogP contribution in [0.5, 0.6) is 5.75 Å². The van der Waals surface area contributed by atoms with E-state index in [1.807, 2.05) is 0 Å². The molecule has 0 unspecified atom stereocenters. The summed E-state index contributed by atoms with van der Waals surface area (Å²) in [4.78, 5) is 22.4. The number of halogens is 3. The molecule has 1 rings (SSSR count). The van der Waals surface area contributed by atoms with Crippen LogP contribution in [0.2, 0.25) is 0 Å². The molecule has 0 bridgehead atoms. The Labute approximate surface area is 107 Å². The molecular weight excluding hydrogens is 265 g/mol. The van der Waals surface area contributed by atoms with Gasteiger partial charge in [0.25, 0.3) is 0 Å². The van der Waals surface area contributed by atoms with Gasteiger partial charge in [0.15, 0.2) is 0 Å². The van der Waals surface area contributed by atoms with E-state index in [1.165, 1.54) is 12.1 Å². The van der Waals surface area contributed by atoms with E-state index in [4.69, 9.17) is 0 Å². The molecule has 0 N–H and O–H groups in total. The number of Topliss-reactive ketones (excluding diaryl/α,β-unsaturated/α-hetero) is 1. The second-order valence-corrected chi connectivity index (χ2v) is 3.52. The zero-order valence-corrected chi connectivity index (χ0v) is 9.99. The van der Waals surface area contributed by atoms with Crippen molar-refractivity contribution < 1.29 is 32.2 Å². The summed E-state index contributed by atoms with van der Waals surface area (Å²) in [7, 11) is 0. The van der Waals surface area contributed by atoms with Crippen molar-refractivity contribution in [3.63, 3.8) is 0 Å². The topological polar surface area (TPSA) is 52.6 Å². The normalized spacial score (nSPS) is 10.9. The van der Waals surface area contributed by atoms with Crippen LogP contribution in [0.4, 0.5) is 13.2 Å². The van der Waals surface area contributed by atoms with E-state index < -0.39 is 23.9 Å². The SMILES string of the molecule is CCOC(=O)C(=O)Cc1cccc(OC(F)(F)F)c1. The third-order valence-corrected chi connectivity index (χ3v) is 2.00. The molecule has 0 aliphatic carbocycles. The zero-order valence-electron chi connectivity index (χ0n) is 9.99. The van der Waals surface area contributed by atoms with Crippen molar-refractivity contribution >= 4 is 11.8 Å². The number of hydrogen-bond acceptors (Lipinski definition) is 4. The number of carbonyl (C=O) groups excluding carboxylic acids is 2. The minimum Gasteiger partial charge on any atom is -0.460 e. The smallest absolute Gasteiger partial charge is 0.460 e. The highest BCUT2D eigenvalue weighted by atomic mass is 19.4.